The normalized spacial score (nSPS) is 14.6. The molecule has 1 aliphatic rings. The number of nitrogens with zero attached hydrogens (tertiary/aromatic N) is 1. The lowest BCUT2D eigenvalue weighted by Crippen LogP contribution is -2.35. The maximum atomic E-state index is 11.9. The van der Waals surface area contributed by atoms with E-state index in [0.29, 0.717) is 24.2 Å². The van der Waals surface area contributed by atoms with Gasteiger partial charge in [0, 0.05) is 18.3 Å². The van der Waals surface area contributed by atoms with Gasteiger partial charge in [-0.05, 0) is 33.3 Å². The zero-order valence-corrected chi connectivity index (χ0v) is 10.2. The fourth-order valence-corrected chi connectivity index (χ4v) is 1.85. The van der Waals surface area contributed by atoms with Gasteiger partial charge in [-0.2, -0.15) is 0 Å². The Labute approximate surface area is 99.4 Å². The SMILES string of the molecule is CC(C)(C)OC(=O)N1CCc2c1cc[nH]c2=O. The van der Waals surface area contributed by atoms with E-state index in [1.807, 2.05) is 20.8 Å². The summed E-state index contributed by atoms with van der Waals surface area (Å²) in [5.74, 6) is 0. The number of H-pyrrole nitrogens is 1. The molecule has 0 aliphatic carbocycles. The summed E-state index contributed by atoms with van der Waals surface area (Å²) in [5.41, 5.74) is 0.649. The van der Waals surface area contributed by atoms with Crippen LogP contribution in [-0.4, -0.2) is 23.2 Å². The Morgan fingerprint density at radius 2 is 2.18 bits per heavy atom. The second kappa shape index (κ2) is 3.91. The molecule has 2 rings (SSSR count). The standard InChI is InChI=1S/C12H16N2O3/c1-12(2,3)17-11(16)14-7-5-8-9(14)4-6-13-10(8)15/h4,6H,5,7H2,1-3H3,(H,13,15). The van der Waals surface area contributed by atoms with Crippen molar-refractivity contribution in [1.29, 1.82) is 0 Å². The molecule has 0 atom stereocenters. The van der Waals surface area contributed by atoms with Gasteiger partial charge in [-0.3, -0.25) is 9.69 Å². The zero-order chi connectivity index (χ0) is 12.6. The van der Waals surface area contributed by atoms with Gasteiger partial charge in [-0.1, -0.05) is 0 Å². The second-order valence-electron chi connectivity index (χ2n) is 5.05. The summed E-state index contributed by atoms with van der Waals surface area (Å²) in [7, 11) is 0. The summed E-state index contributed by atoms with van der Waals surface area (Å²) >= 11 is 0. The molecule has 0 bridgehead atoms. The van der Waals surface area contributed by atoms with E-state index in [9.17, 15) is 9.59 Å². The lowest BCUT2D eigenvalue weighted by molar-refractivity contribution is 0.0584. The van der Waals surface area contributed by atoms with E-state index in [2.05, 4.69) is 4.98 Å². The smallest absolute Gasteiger partial charge is 0.414 e. The first-order chi connectivity index (χ1) is 7.88. The molecule has 0 saturated carbocycles. The van der Waals surface area contributed by atoms with Crippen LogP contribution in [0.1, 0.15) is 26.3 Å². The number of fused-ring (bicyclic) bond motifs is 1. The van der Waals surface area contributed by atoms with Crippen molar-refractivity contribution >= 4 is 11.8 Å². The lowest BCUT2D eigenvalue weighted by atomic mass is 10.2. The number of hydrogen-bond acceptors (Lipinski definition) is 3. The highest BCUT2D eigenvalue weighted by Gasteiger charge is 2.30. The molecule has 1 aliphatic heterocycles. The van der Waals surface area contributed by atoms with Gasteiger partial charge in [0.1, 0.15) is 5.60 Å². The Morgan fingerprint density at radius 3 is 2.82 bits per heavy atom. The number of amides is 1. The quantitative estimate of drug-likeness (QED) is 0.745. The fraction of sp³-hybridized carbons (Fsp3) is 0.500. The van der Waals surface area contributed by atoms with E-state index in [1.54, 1.807) is 12.3 Å². The van der Waals surface area contributed by atoms with E-state index in [1.165, 1.54) is 4.90 Å². The summed E-state index contributed by atoms with van der Waals surface area (Å²) in [5, 5.41) is 0. The van der Waals surface area contributed by atoms with Gasteiger partial charge in [-0.25, -0.2) is 4.79 Å². The van der Waals surface area contributed by atoms with Crippen LogP contribution in [-0.2, 0) is 11.2 Å². The minimum absolute atomic E-state index is 0.131. The minimum Gasteiger partial charge on any atom is -0.443 e. The van der Waals surface area contributed by atoms with Crippen LogP contribution in [0.2, 0.25) is 0 Å². The van der Waals surface area contributed by atoms with E-state index in [-0.39, 0.29) is 5.56 Å². The van der Waals surface area contributed by atoms with Gasteiger partial charge in [0.25, 0.3) is 5.56 Å². The first-order valence-electron chi connectivity index (χ1n) is 5.59. The van der Waals surface area contributed by atoms with Crippen molar-refractivity contribution in [2.24, 2.45) is 0 Å². The number of carbonyl (C=O) groups is 1. The van der Waals surface area contributed by atoms with E-state index in [0.717, 1.165) is 0 Å². The average Bonchev–Trinajstić information content (AvgIpc) is 2.60. The number of hydrogen-bond donors (Lipinski definition) is 1. The molecular weight excluding hydrogens is 220 g/mol. The molecule has 1 aromatic rings. The fourth-order valence-electron chi connectivity index (χ4n) is 1.85. The number of rotatable bonds is 0. The molecule has 1 N–H and O–H groups in total. The maximum Gasteiger partial charge on any atom is 0.414 e. The van der Waals surface area contributed by atoms with Gasteiger partial charge in [0.05, 0.1) is 5.69 Å². The van der Waals surface area contributed by atoms with Crippen molar-refractivity contribution in [1.82, 2.24) is 4.98 Å². The molecule has 5 heteroatoms. The van der Waals surface area contributed by atoms with E-state index >= 15 is 0 Å². The predicted octanol–water partition coefficient (Wildman–Crippen LogP) is 1.67. The van der Waals surface area contributed by atoms with Crippen LogP contribution in [0.5, 0.6) is 0 Å². The van der Waals surface area contributed by atoms with Gasteiger partial charge in [-0.15, -0.1) is 0 Å². The molecule has 0 unspecified atom stereocenters. The molecule has 0 fully saturated rings. The Bertz CT molecular complexity index is 499. The number of ether oxygens (including phenoxy) is 1. The molecule has 0 spiro atoms. The molecule has 0 saturated heterocycles. The maximum absolute atomic E-state index is 11.9. The van der Waals surface area contributed by atoms with Crippen LogP contribution in [0.3, 0.4) is 0 Å². The summed E-state index contributed by atoms with van der Waals surface area (Å²) in [6.07, 6.45) is 1.72. The largest absolute Gasteiger partial charge is 0.443 e. The van der Waals surface area contributed by atoms with E-state index < -0.39 is 11.7 Å². The van der Waals surface area contributed by atoms with Gasteiger partial charge in [0.2, 0.25) is 0 Å². The first kappa shape index (κ1) is 11.7. The van der Waals surface area contributed by atoms with Crippen LogP contribution in [0.25, 0.3) is 0 Å². The number of aromatic nitrogens is 1. The minimum atomic E-state index is -0.527. The molecule has 17 heavy (non-hydrogen) atoms. The van der Waals surface area contributed by atoms with Gasteiger partial charge in [0.15, 0.2) is 0 Å². The molecular formula is C12H16N2O3. The van der Waals surface area contributed by atoms with Crippen LogP contribution < -0.4 is 10.5 Å². The topological polar surface area (TPSA) is 62.4 Å². The van der Waals surface area contributed by atoms with Crippen LogP contribution >= 0.6 is 0 Å². The molecule has 92 valence electrons. The van der Waals surface area contributed by atoms with E-state index in [4.69, 9.17) is 4.74 Å². The van der Waals surface area contributed by atoms with Crippen molar-refractivity contribution in [2.45, 2.75) is 32.8 Å². The second-order valence-corrected chi connectivity index (χ2v) is 5.05. The van der Waals surface area contributed by atoms with Crippen molar-refractivity contribution in [2.75, 3.05) is 11.4 Å². The Kier molecular flexibility index (Phi) is 2.69. The third kappa shape index (κ3) is 2.33. The summed E-state index contributed by atoms with van der Waals surface area (Å²) < 4.78 is 5.29. The van der Waals surface area contributed by atoms with Crippen molar-refractivity contribution in [3.8, 4) is 0 Å². The van der Waals surface area contributed by atoms with Crippen LogP contribution in [0, 0.1) is 0 Å². The van der Waals surface area contributed by atoms with Gasteiger partial charge >= 0.3 is 6.09 Å². The zero-order valence-electron chi connectivity index (χ0n) is 10.2. The highest BCUT2D eigenvalue weighted by molar-refractivity contribution is 5.90. The lowest BCUT2D eigenvalue weighted by Gasteiger charge is -2.24. The Hall–Kier alpha value is -1.78. The average molecular weight is 236 g/mol. The number of carbonyl (C=O) groups excluding carboxylic acids is 1. The third-order valence-corrected chi connectivity index (χ3v) is 2.53. The van der Waals surface area contributed by atoms with Crippen molar-refractivity contribution < 1.29 is 9.53 Å². The first-order valence-corrected chi connectivity index (χ1v) is 5.59. The molecule has 2 heterocycles. The highest BCUT2D eigenvalue weighted by atomic mass is 16.6. The number of nitrogens with one attached hydrogen (secondary N) is 1. The third-order valence-electron chi connectivity index (χ3n) is 2.53. The number of pyridine rings is 1. The highest BCUT2D eigenvalue weighted by Crippen LogP contribution is 2.26. The summed E-state index contributed by atoms with van der Waals surface area (Å²) in [6.45, 7) is 5.95. The van der Waals surface area contributed by atoms with Crippen LogP contribution in [0.4, 0.5) is 10.5 Å². The number of aromatic amines is 1. The van der Waals surface area contributed by atoms with Crippen LogP contribution in [0.15, 0.2) is 17.1 Å². The molecule has 0 radical (unpaired) electrons. The molecule has 0 aromatic carbocycles. The summed E-state index contributed by atoms with van der Waals surface area (Å²) in [4.78, 5) is 27.6. The molecule has 1 aromatic heterocycles. The Balaban J connectivity index is 2.26. The Morgan fingerprint density at radius 1 is 1.47 bits per heavy atom. The molecule has 5 nitrogen and oxygen atoms in total. The summed E-state index contributed by atoms with van der Waals surface area (Å²) in [6, 6.07) is 1.73. The van der Waals surface area contributed by atoms with Crippen molar-refractivity contribution in [3.05, 3.63) is 28.2 Å². The van der Waals surface area contributed by atoms with Gasteiger partial charge < -0.3 is 9.72 Å². The molecule has 1 amide bonds. The predicted molar refractivity (Wildman–Crippen MR) is 64.3 cm³/mol. The van der Waals surface area contributed by atoms with Crippen molar-refractivity contribution in [3.63, 3.8) is 0 Å². The monoisotopic (exact) mass is 236 g/mol. The number of anilines is 1.